The Hall–Kier alpha value is -0.680. The molecule has 2 aromatic rings. The lowest BCUT2D eigenvalue weighted by molar-refractivity contribution is 0.502. The van der Waals surface area contributed by atoms with Crippen LogP contribution in [-0.4, -0.2) is 36.2 Å². The highest BCUT2D eigenvalue weighted by Crippen LogP contribution is 2.39. The quantitative estimate of drug-likeness (QED) is 0.786. The predicted molar refractivity (Wildman–Crippen MR) is 90.5 cm³/mol. The Kier molecular flexibility index (Phi) is 4.50. The van der Waals surface area contributed by atoms with Crippen LogP contribution in [0.3, 0.4) is 0 Å². The van der Waals surface area contributed by atoms with Crippen LogP contribution in [-0.2, 0) is 13.5 Å². The molecule has 21 heavy (non-hydrogen) atoms. The first-order valence-corrected chi connectivity index (χ1v) is 9.32. The van der Waals surface area contributed by atoms with Gasteiger partial charge in [0.2, 0.25) is 0 Å². The average molecular weight is 327 g/mol. The van der Waals surface area contributed by atoms with Crippen LogP contribution in [0.25, 0.3) is 11.2 Å². The van der Waals surface area contributed by atoms with Gasteiger partial charge in [0, 0.05) is 30.6 Å². The molecule has 1 aliphatic carbocycles. The van der Waals surface area contributed by atoms with Gasteiger partial charge < -0.3 is 4.57 Å². The standard InChI is InChI=1S/C15H23ClN4S/c1-4-21-12-6-5-11(9-12)20-13(7-8-16)17-14-10(2)18-19(3)15(14)20/h11-12H,4-9H2,1-3H3. The van der Waals surface area contributed by atoms with Crippen LogP contribution >= 0.6 is 23.4 Å². The molecule has 2 heterocycles. The van der Waals surface area contributed by atoms with Gasteiger partial charge in [0.1, 0.15) is 11.3 Å². The largest absolute Gasteiger partial charge is 0.310 e. The van der Waals surface area contributed by atoms with Crippen LogP contribution in [0, 0.1) is 6.92 Å². The van der Waals surface area contributed by atoms with Crippen molar-refractivity contribution in [2.24, 2.45) is 7.05 Å². The molecule has 0 spiro atoms. The van der Waals surface area contributed by atoms with Gasteiger partial charge in [0.25, 0.3) is 0 Å². The topological polar surface area (TPSA) is 35.6 Å². The Labute approximate surface area is 135 Å². The molecule has 0 N–H and O–H groups in total. The van der Waals surface area contributed by atoms with Gasteiger partial charge in [-0.3, -0.25) is 4.68 Å². The minimum Gasteiger partial charge on any atom is -0.310 e. The number of imidazole rings is 1. The molecule has 2 aromatic heterocycles. The molecular weight excluding hydrogens is 304 g/mol. The smallest absolute Gasteiger partial charge is 0.158 e. The zero-order chi connectivity index (χ0) is 15.0. The maximum Gasteiger partial charge on any atom is 0.158 e. The molecule has 4 nitrogen and oxygen atoms in total. The Bertz CT molecular complexity index is 633. The van der Waals surface area contributed by atoms with Crippen molar-refractivity contribution in [2.75, 3.05) is 11.6 Å². The molecule has 116 valence electrons. The van der Waals surface area contributed by atoms with Crippen molar-refractivity contribution < 1.29 is 0 Å². The molecule has 2 unspecified atom stereocenters. The summed E-state index contributed by atoms with van der Waals surface area (Å²) in [4.78, 5) is 4.83. The summed E-state index contributed by atoms with van der Waals surface area (Å²) in [5.74, 6) is 2.95. The lowest BCUT2D eigenvalue weighted by Gasteiger charge is -2.17. The van der Waals surface area contributed by atoms with E-state index >= 15 is 0 Å². The number of fused-ring (bicyclic) bond motifs is 1. The van der Waals surface area contributed by atoms with Gasteiger partial charge in [-0.05, 0) is 31.9 Å². The fourth-order valence-electron chi connectivity index (χ4n) is 3.52. The van der Waals surface area contributed by atoms with E-state index in [1.165, 1.54) is 30.7 Å². The average Bonchev–Trinajstić information content (AvgIpc) is 3.09. The van der Waals surface area contributed by atoms with Crippen LogP contribution in [0.15, 0.2) is 0 Å². The van der Waals surface area contributed by atoms with E-state index in [1.807, 2.05) is 18.7 Å². The number of thioether (sulfide) groups is 1. The molecule has 3 rings (SSSR count). The molecule has 2 atom stereocenters. The number of rotatable bonds is 5. The van der Waals surface area contributed by atoms with Crippen molar-refractivity contribution in [3.8, 4) is 0 Å². The third kappa shape index (κ3) is 2.70. The van der Waals surface area contributed by atoms with E-state index in [-0.39, 0.29) is 0 Å². The van der Waals surface area contributed by atoms with E-state index in [9.17, 15) is 0 Å². The van der Waals surface area contributed by atoms with Crippen LogP contribution in [0.4, 0.5) is 0 Å². The van der Waals surface area contributed by atoms with E-state index in [2.05, 4.69) is 28.4 Å². The second-order valence-electron chi connectivity index (χ2n) is 5.76. The van der Waals surface area contributed by atoms with Gasteiger partial charge in [0.15, 0.2) is 5.65 Å². The Morgan fingerprint density at radius 1 is 1.38 bits per heavy atom. The minimum absolute atomic E-state index is 0.548. The molecule has 0 saturated heterocycles. The van der Waals surface area contributed by atoms with Crippen molar-refractivity contribution in [1.29, 1.82) is 0 Å². The summed E-state index contributed by atoms with van der Waals surface area (Å²) in [7, 11) is 2.02. The van der Waals surface area contributed by atoms with Crippen LogP contribution in [0.5, 0.6) is 0 Å². The highest BCUT2D eigenvalue weighted by molar-refractivity contribution is 7.99. The molecule has 6 heteroatoms. The highest BCUT2D eigenvalue weighted by atomic mass is 35.5. The zero-order valence-corrected chi connectivity index (χ0v) is 14.5. The first-order valence-electron chi connectivity index (χ1n) is 7.73. The minimum atomic E-state index is 0.548. The van der Waals surface area contributed by atoms with Gasteiger partial charge in [-0.25, -0.2) is 4.98 Å². The summed E-state index contributed by atoms with van der Waals surface area (Å²) >= 11 is 8.08. The first-order chi connectivity index (χ1) is 10.2. The van der Waals surface area contributed by atoms with Crippen LogP contribution < -0.4 is 0 Å². The highest BCUT2D eigenvalue weighted by Gasteiger charge is 2.30. The summed E-state index contributed by atoms with van der Waals surface area (Å²) in [6.07, 6.45) is 4.61. The van der Waals surface area contributed by atoms with Crippen molar-refractivity contribution in [1.82, 2.24) is 19.3 Å². The summed E-state index contributed by atoms with van der Waals surface area (Å²) < 4.78 is 4.41. The number of alkyl halides is 1. The van der Waals surface area contributed by atoms with Gasteiger partial charge in [0.05, 0.1) is 5.69 Å². The number of aryl methyl sites for hydroxylation is 3. The van der Waals surface area contributed by atoms with E-state index in [0.717, 1.165) is 28.7 Å². The Morgan fingerprint density at radius 2 is 2.19 bits per heavy atom. The van der Waals surface area contributed by atoms with Crippen molar-refractivity contribution in [3.05, 3.63) is 11.5 Å². The maximum absolute atomic E-state index is 5.99. The van der Waals surface area contributed by atoms with Gasteiger partial charge in [-0.2, -0.15) is 16.9 Å². The number of hydrogen-bond acceptors (Lipinski definition) is 3. The van der Waals surface area contributed by atoms with Crippen molar-refractivity contribution >= 4 is 34.5 Å². The molecular formula is C15H23ClN4S. The van der Waals surface area contributed by atoms with E-state index in [1.54, 1.807) is 0 Å². The predicted octanol–water partition coefficient (Wildman–Crippen LogP) is 3.71. The normalized spacial score (nSPS) is 22.5. The number of nitrogens with zero attached hydrogens (tertiary/aromatic N) is 4. The monoisotopic (exact) mass is 326 g/mol. The second-order valence-corrected chi connectivity index (χ2v) is 7.72. The summed E-state index contributed by atoms with van der Waals surface area (Å²) in [5.41, 5.74) is 3.23. The molecule has 0 radical (unpaired) electrons. The summed E-state index contributed by atoms with van der Waals surface area (Å²) in [6, 6.07) is 0.548. The Balaban J connectivity index is 2.01. The second kappa shape index (κ2) is 6.21. The Morgan fingerprint density at radius 3 is 2.90 bits per heavy atom. The van der Waals surface area contributed by atoms with Crippen LogP contribution in [0.2, 0.25) is 0 Å². The van der Waals surface area contributed by atoms with Crippen molar-refractivity contribution in [2.45, 2.75) is 50.8 Å². The van der Waals surface area contributed by atoms with E-state index in [4.69, 9.17) is 16.6 Å². The van der Waals surface area contributed by atoms with E-state index < -0.39 is 0 Å². The van der Waals surface area contributed by atoms with Crippen LogP contribution in [0.1, 0.15) is 43.7 Å². The van der Waals surface area contributed by atoms with Gasteiger partial charge >= 0.3 is 0 Å². The molecule has 0 amide bonds. The maximum atomic E-state index is 5.99. The summed E-state index contributed by atoms with van der Waals surface area (Å²) in [6.45, 7) is 4.28. The molecule has 0 aliphatic heterocycles. The third-order valence-electron chi connectivity index (χ3n) is 4.35. The first kappa shape index (κ1) is 15.2. The molecule has 1 fully saturated rings. The molecule has 0 bridgehead atoms. The lowest BCUT2D eigenvalue weighted by Crippen LogP contribution is -2.13. The SMILES string of the molecule is CCSC1CCC(n2c(CCCl)nc3c(C)nn(C)c32)C1. The fourth-order valence-corrected chi connectivity index (χ4v) is 4.83. The number of hydrogen-bond donors (Lipinski definition) is 0. The fraction of sp³-hybridized carbons (Fsp3) is 0.733. The van der Waals surface area contributed by atoms with Crippen molar-refractivity contribution in [3.63, 3.8) is 0 Å². The molecule has 0 aromatic carbocycles. The number of aromatic nitrogens is 4. The lowest BCUT2D eigenvalue weighted by atomic mass is 10.2. The molecule has 1 aliphatic rings. The molecule has 1 saturated carbocycles. The third-order valence-corrected chi connectivity index (χ3v) is 5.77. The number of halogens is 1. The van der Waals surface area contributed by atoms with Gasteiger partial charge in [-0.1, -0.05) is 6.92 Å². The van der Waals surface area contributed by atoms with E-state index in [0.29, 0.717) is 11.9 Å². The van der Waals surface area contributed by atoms with Gasteiger partial charge in [-0.15, -0.1) is 11.6 Å². The summed E-state index contributed by atoms with van der Waals surface area (Å²) in [5, 5.41) is 5.32. The zero-order valence-electron chi connectivity index (χ0n) is 13.0.